The van der Waals surface area contributed by atoms with Gasteiger partial charge in [0.05, 0.1) is 15.1 Å². The second kappa shape index (κ2) is 13.5. The summed E-state index contributed by atoms with van der Waals surface area (Å²) in [6.07, 6.45) is 1.55. The van der Waals surface area contributed by atoms with E-state index < -0.39 is 10.0 Å². The molecule has 0 bridgehead atoms. The molecule has 244 valence electrons. The van der Waals surface area contributed by atoms with Crippen LogP contribution in [0.5, 0.6) is 0 Å². The number of carbonyl (C=O) groups is 1. The molecule has 0 saturated carbocycles. The lowest BCUT2D eigenvalue weighted by molar-refractivity contribution is 0.102. The van der Waals surface area contributed by atoms with E-state index in [1.54, 1.807) is 46.9 Å². The highest BCUT2D eigenvalue weighted by atomic mass is 35.5. The van der Waals surface area contributed by atoms with Gasteiger partial charge in [0.1, 0.15) is 10.0 Å². The van der Waals surface area contributed by atoms with E-state index in [0.717, 1.165) is 57.4 Å². The van der Waals surface area contributed by atoms with Crippen LogP contribution in [-0.2, 0) is 42.5 Å². The van der Waals surface area contributed by atoms with Crippen molar-refractivity contribution in [2.45, 2.75) is 37.4 Å². The molecule has 1 N–H and O–H groups in total. The minimum Gasteiger partial charge on any atom is -0.313 e. The largest absolute Gasteiger partial charge is 0.313 e. The quantitative estimate of drug-likeness (QED) is 0.181. The minimum absolute atomic E-state index is 0. The lowest BCUT2D eigenvalue weighted by Gasteiger charge is -2.28. The lowest BCUT2D eigenvalue weighted by atomic mass is 10.0. The number of hydrogen-bond donors (Lipinski definition) is 1. The van der Waals surface area contributed by atoms with Gasteiger partial charge in [0, 0.05) is 48.7 Å². The highest BCUT2D eigenvalue weighted by Crippen LogP contribution is 2.46. The molecule has 1 amide bonds. The van der Waals surface area contributed by atoms with Crippen LogP contribution < -0.4 is 5.32 Å². The van der Waals surface area contributed by atoms with Crippen LogP contribution in [0.2, 0.25) is 0 Å². The van der Waals surface area contributed by atoms with Gasteiger partial charge in [-0.05, 0) is 71.5 Å². The van der Waals surface area contributed by atoms with Crippen LogP contribution in [-0.4, -0.2) is 41.6 Å². The maximum absolute atomic E-state index is 13.7. The van der Waals surface area contributed by atoms with Crippen molar-refractivity contribution in [3.63, 3.8) is 0 Å². The fraction of sp³-hybridized carbons (Fsp3) is 0.189. The molecule has 2 aliphatic heterocycles. The summed E-state index contributed by atoms with van der Waals surface area (Å²) in [7, 11) is -3.70. The maximum atomic E-state index is 13.7. The highest BCUT2D eigenvalue weighted by molar-refractivity contribution is 7.89. The third kappa shape index (κ3) is 6.32. The second-order valence-corrected chi connectivity index (χ2v) is 16.1. The van der Waals surface area contributed by atoms with Gasteiger partial charge < -0.3 is 5.32 Å². The van der Waals surface area contributed by atoms with Crippen molar-refractivity contribution in [2.75, 3.05) is 18.4 Å². The molecule has 2 aromatic heterocycles. The predicted octanol–water partition coefficient (Wildman–Crippen LogP) is 8.00. The van der Waals surface area contributed by atoms with Crippen molar-refractivity contribution in [1.29, 1.82) is 0 Å². The lowest BCUT2D eigenvalue weighted by Crippen LogP contribution is -2.35. The summed E-state index contributed by atoms with van der Waals surface area (Å²) in [4.78, 5) is 22.5. The predicted molar refractivity (Wildman–Crippen MR) is 197 cm³/mol. The van der Waals surface area contributed by atoms with Crippen LogP contribution in [0.15, 0.2) is 108 Å². The molecule has 0 spiro atoms. The molecule has 7 nitrogen and oxygen atoms in total. The van der Waals surface area contributed by atoms with E-state index in [1.165, 1.54) is 25.9 Å². The Morgan fingerprint density at radius 2 is 1.52 bits per heavy atom. The first-order chi connectivity index (χ1) is 22.9. The molecule has 0 saturated heterocycles. The number of carbonyl (C=O) groups excluding carboxylic acids is 1. The van der Waals surface area contributed by atoms with Gasteiger partial charge in [-0.15, -0.1) is 35.1 Å². The van der Waals surface area contributed by atoms with E-state index in [-0.39, 0.29) is 23.2 Å². The molecular weight excluding hydrogens is 680 g/mol. The number of benzene rings is 4. The zero-order valence-electron chi connectivity index (χ0n) is 26.0. The number of fused-ring (bicyclic) bond motifs is 3. The fourth-order valence-electron chi connectivity index (χ4n) is 6.50. The summed E-state index contributed by atoms with van der Waals surface area (Å²) in [6.45, 7) is 3.37. The molecule has 0 radical (unpaired) electrons. The van der Waals surface area contributed by atoms with Gasteiger partial charge >= 0.3 is 0 Å². The van der Waals surface area contributed by atoms with E-state index in [1.807, 2.05) is 42.5 Å². The van der Waals surface area contributed by atoms with E-state index in [4.69, 9.17) is 4.98 Å². The number of rotatable bonds is 7. The molecule has 0 unspecified atom stereocenters. The Hall–Kier alpha value is -3.90. The van der Waals surface area contributed by atoms with E-state index >= 15 is 0 Å². The Labute approximate surface area is 294 Å². The first-order valence-corrected chi connectivity index (χ1v) is 18.7. The Bertz CT molecular complexity index is 2180. The number of nitrogens with one attached hydrogen (secondary N) is 1. The number of sulfonamides is 1. The zero-order valence-corrected chi connectivity index (χ0v) is 29.2. The normalized spacial score (nSPS) is 15.0. The van der Waals surface area contributed by atoms with Crippen molar-refractivity contribution in [1.82, 2.24) is 14.2 Å². The maximum Gasteiger partial charge on any atom is 0.256 e. The van der Waals surface area contributed by atoms with E-state index in [0.29, 0.717) is 25.1 Å². The Morgan fingerprint density at radius 1 is 0.792 bits per heavy atom. The van der Waals surface area contributed by atoms with E-state index in [2.05, 4.69) is 46.6 Å². The first kappa shape index (κ1) is 32.6. The summed E-state index contributed by atoms with van der Waals surface area (Å²) in [5, 5.41) is 4.88. The number of thiophene rings is 1. The van der Waals surface area contributed by atoms with Crippen LogP contribution in [0.3, 0.4) is 0 Å². The number of hydrogen-bond acceptors (Lipinski definition) is 7. The zero-order chi connectivity index (χ0) is 32.0. The third-order valence-corrected chi connectivity index (χ3v) is 13.0. The van der Waals surface area contributed by atoms with Crippen molar-refractivity contribution >= 4 is 66.2 Å². The SMILES string of the molecule is Cl.O=C(Nc1sc2c(c1-c1nc3ccccc3s1)CCN(Cc1ccccc1)C2)c1ccc(S(=O)(=O)N2CCc3ccccc3C2)cc1. The molecule has 8 rings (SSSR count). The molecule has 0 aliphatic carbocycles. The highest BCUT2D eigenvalue weighted by Gasteiger charge is 2.30. The average molecular weight is 713 g/mol. The second-order valence-electron chi connectivity index (χ2n) is 12.0. The molecule has 4 aromatic carbocycles. The molecule has 48 heavy (non-hydrogen) atoms. The number of nitrogens with zero attached hydrogens (tertiary/aromatic N) is 3. The van der Waals surface area contributed by atoms with Gasteiger partial charge in [-0.25, -0.2) is 13.4 Å². The van der Waals surface area contributed by atoms with E-state index in [9.17, 15) is 13.2 Å². The summed E-state index contributed by atoms with van der Waals surface area (Å²) >= 11 is 3.26. The van der Waals surface area contributed by atoms with Gasteiger partial charge in [-0.2, -0.15) is 4.31 Å². The van der Waals surface area contributed by atoms with Crippen LogP contribution >= 0.6 is 35.1 Å². The summed E-state index contributed by atoms with van der Waals surface area (Å²) in [5.74, 6) is -0.275. The fourth-order valence-corrected chi connectivity index (χ4v) is 10.3. The van der Waals surface area contributed by atoms with Crippen LogP contribution in [0, 0.1) is 0 Å². The molecule has 2 aliphatic rings. The van der Waals surface area contributed by atoms with Gasteiger partial charge in [0.15, 0.2) is 0 Å². The number of thiazole rings is 1. The van der Waals surface area contributed by atoms with Crippen LogP contribution in [0.25, 0.3) is 20.8 Å². The van der Waals surface area contributed by atoms with Gasteiger partial charge in [0.25, 0.3) is 5.91 Å². The molecular formula is C37H33ClN4O3S3. The Morgan fingerprint density at radius 3 is 2.31 bits per heavy atom. The Balaban J connectivity index is 0.00000364. The van der Waals surface area contributed by atoms with Crippen molar-refractivity contribution in [3.05, 3.63) is 136 Å². The Kier molecular flexibility index (Phi) is 9.21. The van der Waals surface area contributed by atoms with Crippen LogP contribution in [0.4, 0.5) is 5.00 Å². The monoisotopic (exact) mass is 712 g/mol. The summed E-state index contributed by atoms with van der Waals surface area (Å²) < 4.78 is 29.7. The van der Waals surface area contributed by atoms with Crippen molar-refractivity contribution in [2.24, 2.45) is 0 Å². The molecule has 6 aromatic rings. The van der Waals surface area contributed by atoms with Crippen molar-refractivity contribution < 1.29 is 13.2 Å². The number of para-hydroxylation sites is 1. The third-order valence-electron chi connectivity index (χ3n) is 8.97. The number of anilines is 1. The number of halogens is 1. The molecule has 0 fully saturated rings. The van der Waals surface area contributed by atoms with Gasteiger partial charge in [0.2, 0.25) is 10.0 Å². The number of amides is 1. The van der Waals surface area contributed by atoms with Crippen molar-refractivity contribution in [3.8, 4) is 10.6 Å². The smallest absolute Gasteiger partial charge is 0.256 e. The topological polar surface area (TPSA) is 82.6 Å². The molecule has 11 heteroatoms. The van der Waals surface area contributed by atoms with Gasteiger partial charge in [-0.1, -0.05) is 66.7 Å². The van der Waals surface area contributed by atoms with Crippen LogP contribution in [0.1, 0.15) is 37.5 Å². The minimum atomic E-state index is -3.70. The average Bonchev–Trinajstić information content (AvgIpc) is 3.69. The van der Waals surface area contributed by atoms with Gasteiger partial charge in [-0.3, -0.25) is 9.69 Å². The molecule has 4 heterocycles. The number of aromatic nitrogens is 1. The summed E-state index contributed by atoms with van der Waals surface area (Å²) in [6, 6.07) is 32.9. The first-order valence-electron chi connectivity index (χ1n) is 15.7. The summed E-state index contributed by atoms with van der Waals surface area (Å²) in [5.41, 5.74) is 7.10. The standard InChI is InChI=1S/C37H32N4O3S3.ClH/c42-35(27-14-16-29(17-15-27)47(43,44)41-21-18-26-10-4-5-11-28(26)23-41)39-37-34(36-38-31-12-6-7-13-32(31)45-36)30-19-20-40(24-33(30)46-37)22-25-8-2-1-3-9-25;/h1-17H,18-24H2,(H,39,42);1H. The molecule has 0 atom stereocenters.